The van der Waals surface area contributed by atoms with Crippen molar-refractivity contribution in [2.45, 2.75) is 110 Å². The third-order valence-electron chi connectivity index (χ3n) is 4.83. The summed E-state index contributed by atoms with van der Waals surface area (Å²) in [5.74, 6) is 0. The van der Waals surface area contributed by atoms with Gasteiger partial charge in [-0.25, -0.2) is 0 Å². The van der Waals surface area contributed by atoms with Crippen molar-refractivity contribution in [3.8, 4) is 0 Å². The van der Waals surface area contributed by atoms with E-state index in [-0.39, 0.29) is 0 Å². The molecule has 0 rings (SSSR count). The molecule has 0 aromatic carbocycles. The number of hydrogen-bond acceptors (Lipinski definition) is 2. The van der Waals surface area contributed by atoms with Crippen molar-refractivity contribution in [2.75, 3.05) is 26.2 Å². The second kappa shape index (κ2) is 20.0. The first-order valence-electron chi connectivity index (χ1n) is 10.8. The summed E-state index contributed by atoms with van der Waals surface area (Å²) in [6, 6.07) is 0. The smallest absolute Gasteiger partial charge is 0.000672 e. The molecule has 2 heteroatoms. The van der Waals surface area contributed by atoms with Gasteiger partial charge in [0.1, 0.15) is 0 Å². The lowest BCUT2D eigenvalue weighted by atomic mass is 10.1. The maximum Gasteiger partial charge on any atom is -0.000672 e. The molecule has 2 nitrogen and oxygen atoms in total. The van der Waals surface area contributed by atoms with Crippen molar-refractivity contribution in [1.29, 1.82) is 0 Å². The van der Waals surface area contributed by atoms with E-state index in [1.54, 1.807) is 0 Å². The summed E-state index contributed by atoms with van der Waals surface area (Å²) in [5.41, 5.74) is 5.70. The summed E-state index contributed by atoms with van der Waals surface area (Å²) in [6.07, 6.45) is 20.9. The Morgan fingerprint density at radius 2 is 0.826 bits per heavy atom. The van der Waals surface area contributed by atoms with Gasteiger partial charge in [0.15, 0.2) is 0 Å². The molecule has 0 aromatic rings. The molecule has 23 heavy (non-hydrogen) atoms. The molecular weight excluding hydrogens is 280 g/mol. The van der Waals surface area contributed by atoms with E-state index in [4.69, 9.17) is 5.73 Å². The first-order chi connectivity index (χ1) is 11.3. The van der Waals surface area contributed by atoms with Crippen LogP contribution in [0.2, 0.25) is 0 Å². The van der Waals surface area contributed by atoms with Crippen molar-refractivity contribution >= 4 is 0 Å². The Bertz CT molecular complexity index is 188. The van der Waals surface area contributed by atoms with E-state index in [1.165, 1.54) is 110 Å². The molecule has 0 fully saturated rings. The fraction of sp³-hybridized carbons (Fsp3) is 1.00. The Morgan fingerprint density at radius 3 is 1.22 bits per heavy atom. The highest BCUT2D eigenvalue weighted by molar-refractivity contribution is 4.60. The molecule has 2 N–H and O–H groups in total. The van der Waals surface area contributed by atoms with Gasteiger partial charge < -0.3 is 10.6 Å². The van der Waals surface area contributed by atoms with Crippen molar-refractivity contribution in [1.82, 2.24) is 4.90 Å². The van der Waals surface area contributed by atoms with Gasteiger partial charge in [-0.05, 0) is 45.4 Å². The molecule has 0 heterocycles. The van der Waals surface area contributed by atoms with Gasteiger partial charge >= 0.3 is 0 Å². The van der Waals surface area contributed by atoms with Gasteiger partial charge in [0.05, 0.1) is 0 Å². The number of unbranched alkanes of at least 4 members (excludes halogenated alkanes) is 12. The molecule has 140 valence electrons. The van der Waals surface area contributed by atoms with E-state index in [0.717, 1.165) is 13.0 Å². The van der Waals surface area contributed by atoms with Crippen LogP contribution in [0.1, 0.15) is 110 Å². The molecule has 0 saturated carbocycles. The van der Waals surface area contributed by atoms with Gasteiger partial charge in [0, 0.05) is 0 Å². The minimum Gasteiger partial charge on any atom is -0.330 e. The highest BCUT2D eigenvalue weighted by Gasteiger charge is 2.04. The quantitative estimate of drug-likeness (QED) is 0.289. The van der Waals surface area contributed by atoms with Gasteiger partial charge in [0.2, 0.25) is 0 Å². The molecule has 0 aliphatic heterocycles. The lowest BCUT2D eigenvalue weighted by Crippen LogP contribution is -2.28. The Balaban J connectivity index is 3.56. The summed E-state index contributed by atoms with van der Waals surface area (Å²) >= 11 is 0. The fourth-order valence-electron chi connectivity index (χ4n) is 3.24. The standard InChI is InChI=1S/C21H46N2/c1-3-5-7-9-11-13-15-19-23(21-17-18-22)20-16-14-12-10-8-6-4-2/h3-22H2,1-2H3. The van der Waals surface area contributed by atoms with E-state index in [1.807, 2.05) is 0 Å². The number of rotatable bonds is 19. The minimum atomic E-state index is 0.838. The molecule has 0 aromatic heterocycles. The van der Waals surface area contributed by atoms with E-state index in [9.17, 15) is 0 Å². The second-order valence-electron chi connectivity index (χ2n) is 7.23. The lowest BCUT2D eigenvalue weighted by molar-refractivity contribution is 0.258. The first kappa shape index (κ1) is 22.9. The molecular formula is C21H46N2. The third kappa shape index (κ3) is 18.1. The molecule has 0 atom stereocenters. The molecule has 0 spiro atoms. The highest BCUT2D eigenvalue weighted by atomic mass is 15.1. The fourth-order valence-corrected chi connectivity index (χ4v) is 3.24. The second-order valence-corrected chi connectivity index (χ2v) is 7.23. The number of nitrogens with two attached hydrogens (primary N) is 1. The molecule has 0 saturated heterocycles. The largest absolute Gasteiger partial charge is 0.330 e. The Hall–Kier alpha value is -0.0800. The highest BCUT2D eigenvalue weighted by Crippen LogP contribution is 2.10. The first-order valence-corrected chi connectivity index (χ1v) is 10.8. The molecule has 0 amide bonds. The van der Waals surface area contributed by atoms with Gasteiger partial charge in [-0.15, -0.1) is 0 Å². The van der Waals surface area contributed by atoms with E-state index in [0.29, 0.717) is 0 Å². The summed E-state index contributed by atoms with van der Waals surface area (Å²) in [5, 5.41) is 0. The molecule has 0 aliphatic carbocycles. The van der Waals surface area contributed by atoms with E-state index >= 15 is 0 Å². The van der Waals surface area contributed by atoms with Crippen LogP contribution in [0.4, 0.5) is 0 Å². The van der Waals surface area contributed by atoms with Crippen molar-refractivity contribution in [3.05, 3.63) is 0 Å². The van der Waals surface area contributed by atoms with Gasteiger partial charge in [-0.3, -0.25) is 0 Å². The van der Waals surface area contributed by atoms with Gasteiger partial charge in [0.25, 0.3) is 0 Å². The van der Waals surface area contributed by atoms with Crippen LogP contribution in [0.15, 0.2) is 0 Å². The monoisotopic (exact) mass is 326 g/mol. The van der Waals surface area contributed by atoms with Crippen molar-refractivity contribution in [3.63, 3.8) is 0 Å². The average molecular weight is 327 g/mol. The van der Waals surface area contributed by atoms with E-state index in [2.05, 4.69) is 18.7 Å². The van der Waals surface area contributed by atoms with Crippen LogP contribution >= 0.6 is 0 Å². The number of hydrogen-bond donors (Lipinski definition) is 1. The maximum atomic E-state index is 5.70. The SMILES string of the molecule is CCCCCCCCCN(CCCN)CCCCCCCCC. The Kier molecular flexibility index (Phi) is 19.9. The van der Waals surface area contributed by atoms with Gasteiger partial charge in [-0.1, -0.05) is 90.9 Å². The average Bonchev–Trinajstić information content (AvgIpc) is 2.57. The zero-order chi connectivity index (χ0) is 17.0. The summed E-state index contributed by atoms with van der Waals surface area (Å²) in [4.78, 5) is 2.67. The van der Waals surface area contributed by atoms with Crippen LogP contribution < -0.4 is 5.73 Å². The van der Waals surface area contributed by atoms with Crippen LogP contribution in [0.5, 0.6) is 0 Å². The molecule has 0 unspecified atom stereocenters. The van der Waals surface area contributed by atoms with Crippen LogP contribution in [0.3, 0.4) is 0 Å². The minimum absolute atomic E-state index is 0.838. The molecule has 0 bridgehead atoms. The van der Waals surface area contributed by atoms with Crippen LogP contribution in [-0.4, -0.2) is 31.1 Å². The lowest BCUT2D eigenvalue weighted by Gasteiger charge is -2.22. The summed E-state index contributed by atoms with van der Waals surface area (Å²) < 4.78 is 0. The van der Waals surface area contributed by atoms with Crippen molar-refractivity contribution in [2.24, 2.45) is 5.73 Å². The predicted molar refractivity (Wildman–Crippen MR) is 106 cm³/mol. The zero-order valence-corrected chi connectivity index (χ0v) is 16.5. The zero-order valence-electron chi connectivity index (χ0n) is 16.5. The summed E-state index contributed by atoms with van der Waals surface area (Å²) in [6.45, 7) is 9.22. The van der Waals surface area contributed by atoms with Crippen molar-refractivity contribution < 1.29 is 0 Å². The summed E-state index contributed by atoms with van der Waals surface area (Å²) in [7, 11) is 0. The topological polar surface area (TPSA) is 29.3 Å². The normalized spacial score (nSPS) is 11.5. The Labute approximate surface area is 147 Å². The Morgan fingerprint density at radius 1 is 0.478 bits per heavy atom. The molecule has 0 aliphatic rings. The van der Waals surface area contributed by atoms with Crippen LogP contribution in [0, 0.1) is 0 Å². The molecule has 0 radical (unpaired) electrons. The van der Waals surface area contributed by atoms with Crippen LogP contribution in [-0.2, 0) is 0 Å². The van der Waals surface area contributed by atoms with Gasteiger partial charge in [-0.2, -0.15) is 0 Å². The maximum absolute atomic E-state index is 5.70. The predicted octanol–water partition coefficient (Wildman–Crippen LogP) is 6.14. The third-order valence-corrected chi connectivity index (χ3v) is 4.83. The number of nitrogens with zero attached hydrogens (tertiary/aromatic N) is 1. The van der Waals surface area contributed by atoms with Crippen LogP contribution in [0.25, 0.3) is 0 Å². The van der Waals surface area contributed by atoms with E-state index < -0.39 is 0 Å².